The van der Waals surface area contributed by atoms with E-state index in [1.165, 1.54) is 11.1 Å². The third-order valence-corrected chi connectivity index (χ3v) is 5.77. The van der Waals surface area contributed by atoms with Crippen LogP contribution in [0.1, 0.15) is 31.9 Å². The summed E-state index contributed by atoms with van der Waals surface area (Å²) in [6.45, 7) is 6.79. The summed E-state index contributed by atoms with van der Waals surface area (Å²) < 4.78 is 3.75. The summed E-state index contributed by atoms with van der Waals surface area (Å²) in [6, 6.07) is 12.7. The molecule has 0 atom stereocenters. The zero-order valence-corrected chi connectivity index (χ0v) is 18.6. The zero-order chi connectivity index (χ0) is 22.0. The molecule has 160 valence electrons. The molecule has 1 aromatic carbocycles. The van der Waals surface area contributed by atoms with Gasteiger partial charge in [-0.05, 0) is 43.0 Å². The molecule has 6 heteroatoms. The molecule has 1 aliphatic rings. The number of fused-ring (bicyclic) bond motifs is 2. The summed E-state index contributed by atoms with van der Waals surface area (Å²) in [5.74, 6) is 0. The molecular weight excluding hydrogens is 386 g/mol. The molecule has 3 aromatic heterocycles. The van der Waals surface area contributed by atoms with Gasteiger partial charge in [0.2, 0.25) is 0 Å². The van der Waals surface area contributed by atoms with Crippen molar-refractivity contribution in [1.82, 2.24) is 19.3 Å². The number of aryl methyl sites for hydroxylation is 2. The second kappa shape index (κ2) is 8.76. The predicted octanol–water partition coefficient (Wildman–Crippen LogP) is 4.42. The number of rotatable bonds is 4. The van der Waals surface area contributed by atoms with E-state index in [1.54, 1.807) is 10.9 Å². The maximum absolute atomic E-state index is 13.3. The topological polar surface area (TPSA) is 64.7 Å². The Morgan fingerprint density at radius 2 is 1.84 bits per heavy atom. The van der Waals surface area contributed by atoms with Crippen molar-refractivity contribution in [3.63, 3.8) is 0 Å². The molecule has 0 saturated heterocycles. The van der Waals surface area contributed by atoms with Gasteiger partial charge in [0.15, 0.2) is 5.43 Å². The first kappa shape index (κ1) is 20.8. The first-order valence-corrected chi connectivity index (χ1v) is 11.0. The van der Waals surface area contributed by atoms with Crippen molar-refractivity contribution >= 4 is 16.7 Å². The Labute approximate surface area is 182 Å². The van der Waals surface area contributed by atoms with Crippen LogP contribution in [0, 0.1) is 0 Å². The quantitative estimate of drug-likeness (QED) is 0.536. The van der Waals surface area contributed by atoms with Crippen molar-refractivity contribution in [1.29, 1.82) is 0 Å². The standard InChI is InChI=1S/C23H23N5O.C2H6/c1-3-28-14-20(21-8-9-25-27(21)2)22(29)19-12-18(13-24-23(19)28)26-17-10-15-6-4-5-7-16(15)11-17;1-2/h4-9,12-14,17,26H,3,10-11H2,1-2H3;1-2H3. The minimum Gasteiger partial charge on any atom is -0.380 e. The van der Waals surface area contributed by atoms with Gasteiger partial charge in [-0.15, -0.1) is 0 Å². The molecule has 1 aliphatic carbocycles. The average Bonchev–Trinajstić information content (AvgIpc) is 3.41. The van der Waals surface area contributed by atoms with E-state index >= 15 is 0 Å². The van der Waals surface area contributed by atoms with E-state index in [2.05, 4.69) is 46.6 Å². The molecular formula is C25H29N5O. The lowest BCUT2D eigenvalue weighted by Crippen LogP contribution is -2.20. The van der Waals surface area contributed by atoms with Gasteiger partial charge in [0.25, 0.3) is 0 Å². The van der Waals surface area contributed by atoms with Gasteiger partial charge in [-0.25, -0.2) is 4.98 Å². The van der Waals surface area contributed by atoms with E-state index in [-0.39, 0.29) is 5.43 Å². The molecule has 4 aromatic rings. The van der Waals surface area contributed by atoms with E-state index in [0.717, 1.165) is 30.8 Å². The third kappa shape index (κ3) is 3.85. The second-order valence-corrected chi connectivity index (χ2v) is 7.61. The highest BCUT2D eigenvalue weighted by Crippen LogP contribution is 2.26. The van der Waals surface area contributed by atoms with Crippen LogP contribution in [0.3, 0.4) is 0 Å². The predicted molar refractivity (Wildman–Crippen MR) is 126 cm³/mol. The highest BCUT2D eigenvalue weighted by atomic mass is 16.1. The van der Waals surface area contributed by atoms with E-state index in [1.807, 2.05) is 50.0 Å². The Morgan fingerprint density at radius 3 is 2.45 bits per heavy atom. The maximum atomic E-state index is 13.3. The van der Waals surface area contributed by atoms with Gasteiger partial charge < -0.3 is 9.88 Å². The van der Waals surface area contributed by atoms with Gasteiger partial charge in [-0.1, -0.05) is 38.1 Å². The molecule has 6 nitrogen and oxygen atoms in total. The molecule has 31 heavy (non-hydrogen) atoms. The Kier molecular flexibility index (Phi) is 5.89. The minimum absolute atomic E-state index is 0.0147. The fraction of sp³-hybridized carbons (Fsp3) is 0.320. The van der Waals surface area contributed by atoms with Crippen molar-refractivity contribution in [3.8, 4) is 11.3 Å². The molecule has 3 heterocycles. The Balaban J connectivity index is 0.00000112. The number of hydrogen-bond donors (Lipinski definition) is 1. The van der Waals surface area contributed by atoms with Crippen molar-refractivity contribution in [3.05, 3.63) is 76.3 Å². The van der Waals surface area contributed by atoms with Crippen LogP contribution in [0.2, 0.25) is 0 Å². The van der Waals surface area contributed by atoms with Gasteiger partial charge in [-0.2, -0.15) is 5.10 Å². The zero-order valence-electron chi connectivity index (χ0n) is 18.6. The summed E-state index contributed by atoms with van der Waals surface area (Å²) in [7, 11) is 1.85. The van der Waals surface area contributed by atoms with Crippen LogP contribution < -0.4 is 10.7 Å². The number of nitrogens with zero attached hydrogens (tertiary/aromatic N) is 4. The van der Waals surface area contributed by atoms with E-state index in [4.69, 9.17) is 0 Å². The first-order valence-electron chi connectivity index (χ1n) is 11.0. The highest BCUT2D eigenvalue weighted by Gasteiger charge is 2.21. The normalized spacial score (nSPS) is 13.0. The molecule has 0 unspecified atom stereocenters. The molecule has 0 spiro atoms. The fourth-order valence-electron chi connectivity index (χ4n) is 4.31. The number of pyridine rings is 2. The van der Waals surface area contributed by atoms with E-state index in [9.17, 15) is 4.79 Å². The Morgan fingerprint density at radius 1 is 1.13 bits per heavy atom. The van der Waals surface area contributed by atoms with E-state index in [0.29, 0.717) is 22.6 Å². The van der Waals surface area contributed by atoms with Crippen molar-refractivity contribution in [2.45, 2.75) is 46.2 Å². The lowest BCUT2D eigenvalue weighted by atomic mass is 10.1. The summed E-state index contributed by atoms with van der Waals surface area (Å²) in [5.41, 5.74) is 5.83. The van der Waals surface area contributed by atoms with Gasteiger partial charge in [0.05, 0.1) is 28.5 Å². The lowest BCUT2D eigenvalue weighted by molar-refractivity contribution is 0.760. The van der Waals surface area contributed by atoms with Crippen molar-refractivity contribution in [2.75, 3.05) is 5.32 Å². The highest BCUT2D eigenvalue weighted by molar-refractivity contribution is 5.83. The summed E-state index contributed by atoms with van der Waals surface area (Å²) in [5, 5.41) is 8.43. The van der Waals surface area contributed by atoms with Gasteiger partial charge >= 0.3 is 0 Å². The van der Waals surface area contributed by atoms with Crippen LogP contribution in [0.15, 0.2) is 59.8 Å². The fourth-order valence-corrected chi connectivity index (χ4v) is 4.31. The van der Waals surface area contributed by atoms with Crippen LogP contribution in [-0.2, 0) is 26.4 Å². The number of nitrogens with one attached hydrogen (secondary N) is 1. The van der Waals surface area contributed by atoms with Crippen LogP contribution in [0.4, 0.5) is 5.69 Å². The molecule has 0 bridgehead atoms. The second-order valence-electron chi connectivity index (χ2n) is 7.61. The van der Waals surface area contributed by atoms with Crippen LogP contribution in [-0.4, -0.2) is 25.4 Å². The molecule has 0 fully saturated rings. The van der Waals surface area contributed by atoms with Crippen LogP contribution >= 0.6 is 0 Å². The largest absolute Gasteiger partial charge is 0.380 e. The van der Waals surface area contributed by atoms with Crippen molar-refractivity contribution < 1.29 is 0 Å². The molecule has 0 amide bonds. The summed E-state index contributed by atoms with van der Waals surface area (Å²) >= 11 is 0. The Hall–Kier alpha value is -3.41. The minimum atomic E-state index is -0.0147. The number of anilines is 1. The van der Waals surface area contributed by atoms with Crippen molar-refractivity contribution in [2.24, 2.45) is 7.05 Å². The van der Waals surface area contributed by atoms with Gasteiger partial charge in [0, 0.05) is 32.0 Å². The SMILES string of the molecule is CC.CCn1cc(-c2ccnn2C)c(=O)c2cc(NC3Cc4ccccc4C3)cnc21. The smallest absolute Gasteiger partial charge is 0.200 e. The number of benzene rings is 1. The summed E-state index contributed by atoms with van der Waals surface area (Å²) in [6.07, 6.45) is 7.41. The van der Waals surface area contributed by atoms with Crippen LogP contribution in [0.25, 0.3) is 22.3 Å². The summed E-state index contributed by atoms with van der Waals surface area (Å²) in [4.78, 5) is 17.9. The third-order valence-electron chi connectivity index (χ3n) is 5.77. The average molecular weight is 416 g/mol. The van der Waals surface area contributed by atoms with Gasteiger partial charge in [0.1, 0.15) is 5.65 Å². The Bertz CT molecular complexity index is 1250. The van der Waals surface area contributed by atoms with Gasteiger partial charge in [-0.3, -0.25) is 9.48 Å². The molecule has 1 N–H and O–H groups in total. The van der Waals surface area contributed by atoms with Crippen LogP contribution in [0.5, 0.6) is 0 Å². The number of hydrogen-bond acceptors (Lipinski definition) is 4. The first-order chi connectivity index (χ1) is 15.1. The molecule has 0 aliphatic heterocycles. The monoisotopic (exact) mass is 415 g/mol. The van der Waals surface area contributed by atoms with E-state index < -0.39 is 0 Å². The maximum Gasteiger partial charge on any atom is 0.200 e. The molecule has 5 rings (SSSR count). The molecule has 0 radical (unpaired) electrons. The molecule has 0 saturated carbocycles. The lowest BCUT2D eigenvalue weighted by Gasteiger charge is -2.15. The number of aromatic nitrogens is 4.